The number of amides is 1. The molecular weight excluding hydrogens is 378 g/mol. The van der Waals surface area contributed by atoms with Gasteiger partial charge in [0.05, 0.1) is 12.8 Å². The van der Waals surface area contributed by atoms with Gasteiger partial charge in [0.25, 0.3) is 5.91 Å². The number of nitrogens with one attached hydrogen (secondary N) is 2. The number of aryl methyl sites for hydroxylation is 2. The molecule has 0 saturated carbocycles. The van der Waals surface area contributed by atoms with Crippen LogP contribution in [0.3, 0.4) is 0 Å². The Kier molecular flexibility index (Phi) is 6.06. The van der Waals surface area contributed by atoms with Crippen LogP contribution in [0, 0.1) is 13.8 Å². The average Bonchev–Trinajstić information content (AvgIpc) is 2.69. The molecule has 28 heavy (non-hydrogen) atoms. The normalized spacial score (nSPS) is 10.4. The molecule has 2 heterocycles. The molecule has 0 unspecified atom stereocenters. The summed E-state index contributed by atoms with van der Waals surface area (Å²) in [7, 11) is 1.56. The van der Waals surface area contributed by atoms with Gasteiger partial charge >= 0.3 is 0 Å². The van der Waals surface area contributed by atoms with E-state index < -0.39 is 0 Å². The Bertz CT molecular complexity index is 995. The first-order valence-electron chi connectivity index (χ1n) is 8.60. The molecule has 1 amide bonds. The zero-order valence-electron chi connectivity index (χ0n) is 15.8. The van der Waals surface area contributed by atoms with Crippen LogP contribution in [0.25, 0.3) is 0 Å². The first-order chi connectivity index (χ1) is 13.5. The van der Waals surface area contributed by atoms with Gasteiger partial charge in [-0.2, -0.15) is 0 Å². The maximum atomic E-state index is 12.5. The van der Waals surface area contributed by atoms with Crippen molar-refractivity contribution in [3.8, 4) is 5.75 Å². The highest BCUT2D eigenvalue weighted by atomic mass is 35.5. The van der Waals surface area contributed by atoms with Gasteiger partial charge in [-0.15, -0.1) is 0 Å². The highest BCUT2D eigenvalue weighted by molar-refractivity contribution is 6.31. The summed E-state index contributed by atoms with van der Waals surface area (Å²) < 4.78 is 5.36. The van der Waals surface area contributed by atoms with Crippen LogP contribution in [-0.4, -0.2) is 28.0 Å². The van der Waals surface area contributed by atoms with E-state index in [0.29, 0.717) is 34.6 Å². The van der Waals surface area contributed by atoms with Gasteiger partial charge in [0.1, 0.15) is 11.4 Å². The van der Waals surface area contributed by atoms with E-state index in [9.17, 15) is 4.79 Å². The lowest BCUT2D eigenvalue weighted by atomic mass is 10.2. The molecule has 1 aromatic carbocycles. The number of hydrogen-bond acceptors (Lipinski definition) is 6. The molecule has 0 aliphatic rings. The van der Waals surface area contributed by atoms with Crippen LogP contribution in [0.2, 0.25) is 5.02 Å². The first-order valence-corrected chi connectivity index (χ1v) is 8.98. The lowest BCUT2D eigenvalue weighted by molar-refractivity contribution is 0.0945. The number of methoxy groups -OCH3 is 1. The third kappa shape index (κ3) is 4.75. The summed E-state index contributed by atoms with van der Waals surface area (Å²) in [6.45, 7) is 4.05. The highest BCUT2D eigenvalue weighted by Gasteiger charge is 2.13. The Labute approximate surface area is 168 Å². The smallest absolute Gasteiger partial charge is 0.270 e. The highest BCUT2D eigenvalue weighted by Crippen LogP contribution is 2.32. The molecule has 0 radical (unpaired) electrons. The Balaban J connectivity index is 1.80. The van der Waals surface area contributed by atoms with E-state index in [4.69, 9.17) is 16.3 Å². The maximum Gasteiger partial charge on any atom is 0.270 e. The number of pyridine rings is 1. The average molecular weight is 398 g/mol. The number of halogens is 1. The van der Waals surface area contributed by atoms with Crippen LogP contribution in [0.1, 0.15) is 27.3 Å². The Morgan fingerprint density at radius 1 is 1.21 bits per heavy atom. The van der Waals surface area contributed by atoms with Crippen molar-refractivity contribution in [2.24, 2.45) is 0 Å². The van der Waals surface area contributed by atoms with Gasteiger partial charge in [-0.25, -0.2) is 9.97 Å². The van der Waals surface area contributed by atoms with Crippen molar-refractivity contribution < 1.29 is 9.53 Å². The summed E-state index contributed by atoms with van der Waals surface area (Å²) in [5.41, 5.74) is 3.38. The first kappa shape index (κ1) is 19.6. The molecule has 2 N–H and O–H groups in total. The number of carbonyl (C=O) groups excluding carboxylic acids is 1. The minimum atomic E-state index is -0.295. The molecule has 3 rings (SSSR count). The van der Waals surface area contributed by atoms with Crippen molar-refractivity contribution in [1.29, 1.82) is 0 Å². The fourth-order valence-corrected chi connectivity index (χ4v) is 2.72. The fraction of sp³-hybridized carbons (Fsp3) is 0.200. The number of carbonyl (C=O) groups is 1. The van der Waals surface area contributed by atoms with Crippen LogP contribution >= 0.6 is 11.6 Å². The molecule has 0 aliphatic carbocycles. The number of rotatable bonds is 6. The third-order valence-electron chi connectivity index (χ3n) is 3.99. The molecule has 0 aliphatic heterocycles. The van der Waals surface area contributed by atoms with E-state index in [1.54, 1.807) is 38.6 Å². The summed E-state index contributed by atoms with van der Waals surface area (Å²) in [6.07, 6.45) is 3.39. The zero-order chi connectivity index (χ0) is 20.1. The second-order valence-corrected chi connectivity index (χ2v) is 6.60. The largest absolute Gasteiger partial charge is 0.495 e. The molecule has 144 valence electrons. The fourth-order valence-electron chi connectivity index (χ4n) is 2.57. The Hall–Kier alpha value is -3.19. The summed E-state index contributed by atoms with van der Waals surface area (Å²) in [4.78, 5) is 25.2. The summed E-state index contributed by atoms with van der Waals surface area (Å²) in [5.74, 6) is 0.562. The van der Waals surface area contributed by atoms with Gasteiger partial charge in [0.15, 0.2) is 0 Å². The molecule has 0 bridgehead atoms. The minimum absolute atomic E-state index is 0.267. The lowest BCUT2D eigenvalue weighted by Crippen LogP contribution is -2.24. The molecule has 2 aromatic heterocycles. The molecular formula is C20H20ClN5O2. The number of nitrogens with zero attached hydrogens (tertiary/aromatic N) is 3. The number of aromatic nitrogens is 3. The number of anilines is 2. The van der Waals surface area contributed by atoms with Crippen molar-refractivity contribution in [3.63, 3.8) is 0 Å². The zero-order valence-corrected chi connectivity index (χ0v) is 16.5. The standard InChI is InChI=1S/C20H20ClN5O2/c1-12-7-16(18(28-3)9-15(12)21)25-20-24-13(2)8-17(26-20)19(27)23-11-14-5-4-6-22-10-14/h4-10H,11H2,1-3H3,(H,23,27)(H,24,25,26). The second kappa shape index (κ2) is 8.67. The van der Waals surface area contributed by atoms with Crippen molar-refractivity contribution in [3.05, 3.63) is 70.3 Å². The summed E-state index contributed by atoms with van der Waals surface area (Å²) in [6, 6.07) is 8.90. The number of hydrogen-bond donors (Lipinski definition) is 2. The van der Waals surface area contributed by atoms with Crippen molar-refractivity contribution in [2.45, 2.75) is 20.4 Å². The quantitative estimate of drug-likeness (QED) is 0.657. The third-order valence-corrected chi connectivity index (χ3v) is 4.40. The number of ether oxygens (including phenoxy) is 1. The van der Waals surface area contributed by atoms with E-state index in [2.05, 4.69) is 25.6 Å². The van der Waals surface area contributed by atoms with Gasteiger partial charge < -0.3 is 15.4 Å². The van der Waals surface area contributed by atoms with Crippen LogP contribution in [0.15, 0.2) is 42.7 Å². The molecule has 0 atom stereocenters. The molecule has 7 nitrogen and oxygen atoms in total. The van der Waals surface area contributed by atoms with Crippen molar-refractivity contribution in [1.82, 2.24) is 20.3 Å². The van der Waals surface area contributed by atoms with E-state index in [1.807, 2.05) is 25.1 Å². The van der Waals surface area contributed by atoms with Crippen LogP contribution < -0.4 is 15.4 Å². The molecule has 8 heteroatoms. The Morgan fingerprint density at radius 3 is 2.75 bits per heavy atom. The number of benzene rings is 1. The van der Waals surface area contributed by atoms with E-state index in [1.165, 1.54) is 0 Å². The SMILES string of the molecule is COc1cc(Cl)c(C)cc1Nc1nc(C)cc(C(=O)NCc2cccnc2)n1. The Morgan fingerprint density at radius 2 is 2.04 bits per heavy atom. The van der Waals surface area contributed by atoms with Crippen LogP contribution in [-0.2, 0) is 6.54 Å². The van der Waals surface area contributed by atoms with Crippen LogP contribution in [0.5, 0.6) is 5.75 Å². The second-order valence-electron chi connectivity index (χ2n) is 6.19. The van der Waals surface area contributed by atoms with Gasteiger partial charge in [0, 0.05) is 35.7 Å². The van der Waals surface area contributed by atoms with Crippen molar-refractivity contribution in [2.75, 3.05) is 12.4 Å². The molecule has 3 aromatic rings. The topological polar surface area (TPSA) is 89.0 Å². The predicted molar refractivity (Wildman–Crippen MR) is 108 cm³/mol. The van der Waals surface area contributed by atoms with E-state index in [-0.39, 0.29) is 11.6 Å². The summed E-state index contributed by atoms with van der Waals surface area (Å²) in [5, 5.41) is 6.54. The van der Waals surface area contributed by atoms with Gasteiger partial charge in [0.2, 0.25) is 5.95 Å². The molecule has 0 spiro atoms. The maximum absolute atomic E-state index is 12.5. The molecule has 0 saturated heterocycles. The van der Waals surface area contributed by atoms with E-state index in [0.717, 1.165) is 11.1 Å². The predicted octanol–water partition coefficient (Wildman–Crippen LogP) is 3.82. The van der Waals surface area contributed by atoms with Gasteiger partial charge in [-0.05, 0) is 43.2 Å². The molecule has 0 fully saturated rings. The minimum Gasteiger partial charge on any atom is -0.495 e. The van der Waals surface area contributed by atoms with E-state index >= 15 is 0 Å². The van der Waals surface area contributed by atoms with Crippen molar-refractivity contribution >= 4 is 29.1 Å². The summed E-state index contributed by atoms with van der Waals surface area (Å²) >= 11 is 6.15. The van der Waals surface area contributed by atoms with Gasteiger partial charge in [-0.1, -0.05) is 17.7 Å². The van der Waals surface area contributed by atoms with Gasteiger partial charge in [-0.3, -0.25) is 9.78 Å². The monoisotopic (exact) mass is 397 g/mol. The lowest BCUT2D eigenvalue weighted by Gasteiger charge is -2.13. The van der Waals surface area contributed by atoms with Crippen LogP contribution in [0.4, 0.5) is 11.6 Å².